The van der Waals surface area contributed by atoms with Crippen LogP contribution in [-0.4, -0.2) is 44.1 Å². The van der Waals surface area contributed by atoms with Crippen LogP contribution in [0.5, 0.6) is 5.75 Å². The largest absolute Gasteiger partial charge is 0.495 e. The summed E-state index contributed by atoms with van der Waals surface area (Å²) in [5, 5.41) is 1.05. The highest BCUT2D eigenvalue weighted by Gasteiger charge is 2.24. The molecule has 146 valence electrons. The van der Waals surface area contributed by atoms with Gasteiger partial charge in [-0.2, -0.15) is 0 Å². The van der Waals surface area contributed by atoms with E-state index in [0.717, 1.165) is 46.6 Å². The quantitative estimate of drug-likeness (QED) is 0.690. The second-order valence-corrected chi connectivity index (χ2v) is 7.36. The Kier molecular flexibility index (Phi) is 4.99. The predicted octanol–water partition coefficient (Wildman–Crippen LogP) is 3.95. The van der Waals surface area contributed by atoms with Gasteiger partial charge in [0.05, 0.1) is 25.5 Å². The molecule has 0 unspecified atom stereocenters. The molecule has 0 N–H and O–H groups in total. The Morgan fingerprint density at radius 3 is 2.57 bits per heavy atom. The summed E-state index contributed by atoms with van der Waals surface area (Å²) in [6.45, 7) is 7.16. The lowest BCUT2D eigenvalue weighted by Crippen LogP contribution is -2.49. The minimum Gasteiger partial charge on any atom is -0.495 e. The second-order valence-electron chi connectivity index (χ2n) is 7.36. The Hall–Kier alpha value is -2.95. The topological polar surface area (TPSA) is 45.9 Å². The average molecular weight is 378 g/mol. The third kappa shape index (κ3) is 3.33. The minimum absolute atomic E-state index is 0.153. The number of piperazine rings is 1. The summed E-state index contributed by atoms with van der Waals surface area (Å²) in [6.07, 6.45) is 2.12. The summed E-state index contributed by atoms with van der Waals surface area (Å²) in [6, 6.07) is 12.2. The fraction of sp³-hybridized carbons (Fsp3) is 0.348. The van der Waals surface area contributed by atoms with E-state index in [1.165, 1.54) is 5.56 Å². The molecule has 4 rings (SSSR count). The van der Waals surface area contributed by atoms with Crippen molar-refractivity contribution in [2.75, 3.05) is 38.2 Å². The van der Waals surface area contributed by atoms with E-state index in [1.807, 2.05) is 23.1 Å². The summed E-state index contributed by atoms with van der Waals surface area (Å²) in [5.41, 5.74) is 5.29. The van der Waals surface area contributed by atoms with E-state index in [2.05, 4.69) is 36.9 Å². The molecule has 1 fully saturated rings. The van der Waals surface area contributed by atoms with Crippen LogP contribution < -0.4 is 9.64 Å². The number of hydrogen-bond acceptors (Lipinski definition) is 4. The molecule has 3 aromatic rings. The van der Waals surface area contributed by atoms with Gasteiger partial charge in [0.1, 0.15) is 11.3 Å². The van der Waals surface area contributed by atoms with E-state index >= 15 is 0 Å². The number of anilines is 1. The van der Waals surface area contributed by atoms with E-state index in [0.29, 0.717) is 19.5 Å². The van der Waals surface area contributed by atoms with E-state index in [1.54, 1.807) is 13.4 Å². The molecule has 5 heteroatoms. The maximum absolute atomic E-state index is 12.9. The standard InChI is InChI=1S/C23H26N2O3/c1-16-8-9-19-18(15-28-23(19)17(16)2)14-22(26)25-12-10-24(11-13-25)20-6-4-5-7-21(20)27-3/h4-9,15H,10-14H2,1-3H3. The third-order valence-corrected chi connectivity index (χ3v) is 5.74. The molecule has 1 amide bonds. The number of carbonyl (C=O) groups excluding carboxylic acids is 1. The smallest absolute Gasteiger partial charge is 0.227 e. The van der Waals surface area contributed by atoms with Crippen molar-refractivity contribution in [2.24, 2.45) is 0 Å². The molecule has 2 heterocycles. The number of methoxy groups -OCH3 is 1. The molecular formula is C23H26N2O3. The van der Waals surface area contributed by atoms with Crippen LogP contribution in [0.4, 0.5) is 5.69 Å². The Morgan fingerprint density at radius 2 is 1.82 bits per heavy atom. The molecule has 1 aliphatic rings. The Balaban J connectivity index is 1.43. The fourth-order valence-electron chi connectivity index (χ4n) is 3.89. The number of rotatable bonds is 4. The number of nitrogens with zero attached hydrogens (tertiary/aromatic N) is 2. The summed E-state index contributed by atoms with van der Waals surface area (Å²) in [5.74, 6) is 1.03. The molecule has 0 atom stereocenters. The van der Waals surface area contributed by atoms with Crippen molar-refractivity contribution >= 4 is 22.6 Å². The van der Waals surface area contributed by atoms with Gasteiger partial charge < -0.3 is 19.0 Å². The van der Waals surface area contributed by atoms with Crippen molar-refractivity contribution < 1.29 is 13.9 Å². The third-order valence-electron chi connectivity index (χ3n) is 5.74. The molecule has 0 aliphatic carbocycles. The van der Waals surface area contributed by atoms with Crippen LogP contribution in [0.3, 0.4) is 0 Å². The Morgan fingerprint density at radius 1 is 1.07 bits per heavy atom. The summed E-state index contributed by atoms with van der Waals surface area (Å²) < 4.78 is 11.2. The van der Waals surface area contributed by atoms with Crippen LogP contribution in [-0.2, 0) is 11.2 Å². The van der Waals surface area contributed by atoms with Gasteiger partial charge >= 0.3 is 0 Å². The number of ether oxygens (including phenoxy) is 1. The molecule has 1 saturated heterocycles. The van der Waals surface area contributed by atoms with Gasteiger partial charge in [-0.15, -0.1) is 0 Å². The zero-order valence-electron chi connectivity index (χ0n) is 16.7. The number of fused-ring (bicyclic) bond motifs is 1. The lowest BCUT2D eigenvalue weighted by molar-refractivity contribution is -0.130. The van der Waals surface area contributed by atoms with Crippen LogP contribution in [0.25, 0.3) is 11.0 Å². The van der Waals surface area contributed by atoms with Gasteiger partial charge in [-0.3, -0.25) is 4.79 Å². The number of aryl methyl sites for hydroxylation is 2. The SMILES string of the molecule is COc1ccccc1N1CCN(C(=O)Cc2coc3c(C)c(C)ccc23)CC1. The lowest BCUT2D eigenvalue weighted by Gasteiger charge is -2.36. The number of hydrogen-bond donors (Lipinski definition) is 0. The first-order valence-electron chi connectivity index (χ1n) is 9.70. The van der Waals surface area contributed by atoms with Gasteiger partial charge in [-0.1, -0.05) is 24.3 Å². The number of amides is 1. The monoisotopic (exact) mass is 378 g/mol. The van der Waals surface area contributed by atoms with Gasteiger partial charge in [0.2, 0.25) is 5.91 Å². The molecular weight excluding hydrogens is 352 g/mol. The van der Waals surface area contributed by atoms with E-state index < -0.39 is 0 Å². The van der Waals surface area contributed by atoms with E-state index in [9.17, 15) is 4.79 Å². The van der Waals surface area contributed by atoms with Crippen molar-refractivity contribution in [1.82, 2.24) is 4.90 Å². The highest BCUT2D eigenvalue weighted by atomic mass is 16.5. The van der Waals surface area contributed by atoms with Crippen molar-refractivity contribution in [3.8, 4) is 5.75 Å². The Labute approximate surface area is 165 Å². The van der Waals surface area contributed by atoms with Crippen LogP contribution in [0, 0.1) is 13.8 Å². The van der Waals surface area contributed by atoms with E-state index in [4.69, 9.17) is 9.15 Å². The van der Waals surface area contributed by atoms with Crippen LogP contribution >= 0.6 is 0 Å². The van der Waals surface area contributed by atoms with Crippen LogP contribution in [0.15, 0.2) is 47.1 Å². The number of furan rings is 1. The minimum atomic E-state index is 0.153. The zero-order valence-corrected chi connectivity index (χ0v) is 16.7. The fourth-order valence-corrected chi connectivity index (χ4v) is 3.89. The number of carbonyl (C=O) groups is 1. The van der Waals surface area contributed by atoms with Crippen molar-refractivity contribution in [2.45, 2.75) is 20.3 Å². The second kappa shape index (κ2) is 7.58. The highest BCUT2D eigenvalue weighted by molar-refractivity contribution is 5.89. The molecule has 0 spiro atoms. The van der Waals surface area contributed by atoms with Crippen LogP contribution in [0.1, 0.15) is 16.7 Å². The molecule has 1 aromatic heterocycles. The van der Waals surface area contributed by atoms with Crippen molar-refractivity contribution in [1.29, 1.82) is 0 Å². The van der Waals surface area contributed by atoms with Gasteiger partial charge in [0.25, 0.3) is 0 Å². The van der Waals surface area contributed by atoms with Gasteiger partial charge in [-0.25, -0.2) is 0 Å². The summed E-state index contributed by atoms with van der Waals surface area (Å²) >= 11 is 0. The summed E-state index contributed by atoms with van der Waals surface area (Å²) in [7, 11) is 1.69. The van der Waals surface area contributed by atoms with E-state index in [-0.39, 0.29) is 5.91 Å². The predicted molar refractivity (Wildman–Crippen MR) is 111 cm³/mol. The normalized spacial score (nSPS) is 14.5. The molecule has 0 saturated carbocycles. The first-order valence-corrected chi connectivity index (χ1v) is 9.70. The van der Waals surface area contributed by atoms with Gasteiger partial charge in [0, 0.05) is 37.1 Å². The molecule has 0 radical (unpaired) electrons. The lowest BCUT2D eigenvalue weighted by atomic mass is 10.0. The molecule has 28 heavy (non-hydrogen) atoms. The maximum Gasteiger partial charge on any atom is 0.227 e. The maximum atomic E-state index is 12.9. The summed E-state index contributed by atoms with van der Waals surface area (Å²) in [4.78, 5) is 17.1. The first kappa shape index (κ1) is 18.4. The van der Waals surface area contributed by atoms with Crippen molar-refractivity contribution in [3.05, 3.63) is 59.4 Å². The van der Waals surface area contributed by atoms with Gasteiger partial charge in [0.15, 0.2) is 0 Å². The molecule has 1 aliphatic heterocycles. The first-order chi connectivity index (χ1) is 13.6. The zero-order chi connectivity index (χ0) is 19.7. The number of para-hydroxylation sites is 2. The molecule has 5 nitrogen and oxygen atoms in total. The number of benzene rings is 2. The van der Waals surface area contributed by atoms with Crippen molar-refractivity contribution in [3.63, 3.8) is 0 Å². The van der Waals surface area contributed by atoms with Crippen LogP contribution in [0.2, 0.25) is 0 Å². The molecule has 0 bridgehead atoms. The highest BCUT2D eigenvalue weighted by Crippen LogP contribution is 2.29. The molecule has 2 aromatic carbocycles. The Bertz CT molecular complexity index is 1000. The van der Waals surface area contributed by atoms with Gasteiger partial charge in [-0.05, 0) is 37.1 Å². The average Bonchev–Trinajstić information content (AvgIpc) is 3.14.